The van der Waals surface area contributed by atoms with Crippen molar-refractivity contribution in [2.45, 2.75) is 12.3 Å². The van der Waals surface area contributed by atoms with Crippen LogP contribution < -0.4 is 0 Å². The summed E-state index contributed by atoms with van der Waals surface area (Å²) in [5.41, 5.74) is 13.4. The highest BCUT2D eigenvalue weighted by Crippen LogP contribution is 2.55. The van der Waals surface area contributed by atoms with E-state index in [1.165, 1.54) is 75.1 Å². The molecule has 0 saturated heterocycles. The number of fused-ring (bicyclic) bond motifs is 10. The molecule has 0 radical (unpaired) electrons. The van der Waals surface area contributed by atoms with Crippen molar-refractivity contribution in [1.29, 1.82) is 0 Å². The standard InChI is InChI=1S/C56H36N2S/c1-56(40-19-6-3-7-20-40)48-24-11-10-22-46(48)53-47(23-13-25-49(53)56)51-34-50(57-55(58-51)36-15-4-2-5-16-36)39-18-12-17-37(32-39)38-27-28-43-45-31-30-42-41-21-9-8-14-35(41)26-29-44(42)54(45)59-52(43)33-38/h2-34H,1H3. The van der Waals surface area contributed by atoms with Crippen LogP contribution in [-0.2, 0) is 5.41 Å². The van der Waals surface area contributed by atoms with Gasteiger partial charge in [0.05, 0.1) is 11.4 Å². The third kappa shape index (κ3) is 5.25. The first-order valence-electron chi connectivity index (χ1n) is 20.2. The van der Waals surface area contributed by atoms with E-state index in [0.29, 0.717) is 5.82 Å². The smallest absolute Gasteiger partial charge is 0.160 e. The normalized spacial score (nSPS) is 14.6. The van der Waals surface area contributed by atoms with Crippen LogP contribution in [0.4, 0.5) is 0 Å². The minimum absolute atomic E-state index is 0.299. The summed E-state index contributed by atoms with van der Waals surface area (Å²) in [6, 6.07) is 72.7. The minimum atomic E-state index is -0.299. The van der Waals surface area contributed by atoms with Crippen LogP contribution in [0.1, 0.15) is 23.6 Å². The second-order valence-electron chi connectivity index (χ2n) is 15.8. The van der Waals surface area contributed by atoms with Gasteiger partial charge in [0.15, 0.2) is 5.82 Å². The molecule has 59 heavy (non-hydrogen) atoms. The van der Waals surface area contributed by atoms with E-state index in [0.717, 1.165) is 33.6 Å². The van der Waals surface area contributed by atoms with E-state index >= 15 is 0 Å². The molecule has 3 heteroatoms. The van der Waals surface area contributed by atoms with Crippen molar-refractivity contribution in [2.24, 2.45) is 0 Å². The van der Waals surface area contributed by atoms with Gasteiger partial charge in [0.2, 0.25) is 0 Å². The van der Waals surface area contributed by atoms with E-state index in [1.54, 1.807) is 0 Å². The molecule has 1 atom stereocenters. The average Bonchev–Trinajstić information content (AvgIpc) is 3.82. The third-order valence-corrected chi connectivity index (χ3v) is 13.8. The summed E-state index contributed by atoms with van der Waals surface area (Å²) in [7, 11) is 0. The lowest BCUT2D eigenvalue weighted by Gasteiger charge is -2.28. The number of rotatable bonds is 5. The van der Waals surface area contributed by atoms with Gasteiger partial charge in [0.1, 0.15) is 0 Å². The zero-order valence-electron chi connectivity index (χ0n) is 32.4. The van der Waals surface area contributed by atoms with E-state index in [1.807, 2.05) is 17.4 Å². The summed E-state index contributed by atoms with van der Waals surface area (Å²) < 4.78 is 2.63. The van der Waals surface area contributed by atoms with Gasteiger partial charge in [-0.1, -0.05) is 182 Å². The first-order chi connectivity index (χ1) is 29.1. The molecule has 2 aromatic heterocycles. The predicted molar refractivity (Wildman–Crippen MR) is 249 cm³/mol. The Balaban J connectivity index is 1.00. The Morgan fingerprint density at radius 1 is 0.407 bits per heavy atom. The molecule has 0 fully saturated rings. The fourth-order valence-corrected chi connectivity index (χ4v) is 10.9. The van der Waals surface area contributed by atoms with Crippen LogP contribution in [0.5, 0.6) is 0 Å². The monoisotopic (exact) mass is 768 g/mol. The Morgan fingerprint density at radius 2 is 1.03 bits per heavy atom. The molecule has 0 amide bonds. The van der Waals surface area contributed by atoms with Crippen LogP contribution in [0, 0.1) is 0 Å². The zero-order chi connectivity index (χ0) is 39.1. The number of hydrogen-bond donors (Lipinski definition) is 0. The predicted octanol–water partition coefficient (Wildman–Crippen LogP) is 15.2. The first kappa shape index (κ1) is 33.9. The number of nitrogens with zero attached hydrogens (tertiary/aromatic N) is 2. The molecule has 0 saturated carbocycles. The van der Waals surface area contributed by atoms with Crippen molar-refractivity contribution in [2.75, 3.05) is 0 Å². The maximum absolute atomic E-state index is 5.33. The van der Waals surface area contributed by atoms with E-state index in [2.05, 4.69) is 201 Å². The fraction of sp³-hybridized carbons (Fsp3) is 0.0357. The molecule has 0 N–H and O–H groups in total. The Labute approximate surface area is 346 Å². The van der Waals surface area contributed by atoms with Gasteiger partial charge < -0.3 is 0 Å². The van der Waals surface area contributed by atoms with Crippen LogP contribution >= 0.6 is 11.3 Å². The summed E-state index contributed by atoms with van der Waals surface area (Å²) in [4.78, 5) is 10.6. The molecule has 9 aromatic carbocycles. The van der Waals surface area contributed by atoms with Gasteiger partial charge in [-0.15, -0.1) is 11.3 Å². The van der Waals surface area contributed by atoms with Crippen LogP contribution in [0.3, 0.4) is 0 Å². The highest BCUT2D eigenvalue weighted by molar-refractivity contribution is 7.26. The average molecular weight is 769 g/mol. The zero-order valence-corrected chi connectivity index (χ0v) is 33.2. The first-order valence-corrected chi connectivity index (χ1v) is 21.0. The van der Waals surface area contributed by atoms with Gasteiger partial charge in [0, 0.05) is 47.7 Å². The van der Waals surface area contributed by atoms with E-state index in [-0.39, 0.29) is 5.41 Å². The molecular formula is C56H36N2S. The van der Waals surface area contributed by atoms with Crippen molar-refractivity contribution in [3.05, 3.63) is 217 Å². The van der Waals surface area contributed by atoms with E-state index in [9.17, 15) is 0 Å². The molecule has 0 aliphatic heterocycles. The van der Waals surface area contributed by atoms with Gasteiger partial charge >= 0.3 is 0 Å². The Hall–Kier alpha value is -7.20. The van der Waals surface area contributed by atoms with Crippen molar-refractivity contribution in [3.63, 3.8) is 0 Å². The Bertz CT molecular complexity index is 3460. The van der Waals surface area contributed by atoms with Crippen LogP contribution in [0.2, 0.25) is 0 Å². The highest BCUT2D eigenvalue weighted by Gasteiger charge is 2.41. The molecule has 1 aliphatic rings. The minimum Gasteiger partial charge on any atom is -0.228 e. The largest absolute Gasteiger partial charge is 0.228 e. The van der Waals surface area contributed by atoms with Gasteiger partial charge in [-0.05, 0) is 80.2 Å². The van der Waals surface area contributed by atoms with Crippen molar-refractivity contribution in [1.82, 2.24) is 9.97 Å². The molecule has 1 unspecified atom stereocenters. The van der Waals surface area contributed by atoms with Gasteiger partial charge in [-0.25, -0.2) is 9.97 Å². The summed E-state index contributed by atoms with van der Waals surface area (Å²) in [6.45, 7) is 2.36. The highest BCUT2D eigenvalue weighted by atomic mass is 32.1. The summed E-state index contributed by atoms with van der Waals surface area (Å²) in [5, 5.41) is 7.82. The lowest BCUT2D eigenvalue weighted by Crippen LogP contribution is -2.22. The molecule has 0 spiro atoms. The topological polar surface area (TPSA) is 25.8 Å². The van der Waals surface area contributed by atoms with Crippen molar-refractivity contribution < 1.29 is 0 Å². The van der Waals surface area contributed by atoms with E-state index < -0.39 is 0 Å². The van der Waals surface area contributed by atoms with Crippen LogP contribution in [0.25, 0.3) is 97.9 Å². The van der Waals surface area contributed by atoms with Gasteiger partial charge in [-0.3, -0.25) is 0 Å². The Kier molecular flexibility index (Phi) is 7.57. The SMILES string of the molecule is CC1(c2ccccc2)c2ccccc2-c2c(-c3cc(-c4cccc(-c5ccc6c(c5)sc5c6ccc6c7ccccc7ccc65)c4)nc(-c4ccccc4)n3)cccc21. The number of benzene rings is 9. The fourth-order valence-electron chi connectivity index (χ4n) is 9.65. The summed E-state index contributed by atoms with van der Waals surface area (Å²) in [6.07, 6.45) is 0. The molecular weight excluding hydrogens is 733 g/mol. The van der Waals surface area contributed by atoms with Gasteiger partial charge in [0.25, 0.3) is 0 Å². The maximum atomic E-state index is 5.33. The molecule has 0 bridgehead atoms. The lowest BCUT2D eigenvalue weighted by atomic mass is 9.74. The van der Waals surface area contributed by atoms with Crippen molar-refractivity contribution >= 4 is 53.1 Å². The van der Waals surface area contributed by atoms with E-state index in [4.69, 9.17) is 9.97 Å². The van der Waals surface area contributed by atoms with Gasteiger partial charge in [-0.2, -0.15) is 0 Å². The van der Waals surface area contributed by atoms with Crippen molar-refractivity contribution in [3.8, 4) is 56.2 Å². The lowest BCUT2D eigenvalue weighted by molar-refractivity contribution is 0.714. The summed E-state index contributed by atoms with van der Waals surface area (Å²) >= 11 is 1.89. The third-order valence-electron chi connectivity index (χ3n) is 12.6. The second-order valence-corrected chi connectivity index (χ2v) is 16.9. The Morgan fingerprint density at radius 3 is 1.93 bits per heavy atom. The number of hydrogen-bond acceptors (Lipinski definition) is 3. The molecule has 2 heterocycles. The molecule has 276 valence electrons. The molecule has 1 aliphatic carbocycles. The van der Waals surface area contributed by atoms with Crippen LogP contribution in [0.15, 0.2) is 200 Å². The number of aromatic nitrogens is 2. The second kappa shape index (κ2) is 13.2. The maximum Gasteiger partial charge on any atom is 0.160 e. The van der Waals surface area contributed by atoms with Crippen LogP contribution in [-0.4, -0.2) is 9.97 Å². The molecule has 11 aromatic rings. The molecule has 2 nitrogen and oxygen atoms in total. The quantitative estimate of drug-likeness (QED) is 0.163. The number of thiophene rings is 1. The summed E-state index contributed by atoms with van der Waals surface area (Å²) in [5.74, 6) is 0.713. The molecule has 12 rings (SSSR count).